The molecule has 1 unspecified atom stereocenters. The molecule has 0 heterocycles. The minimum Gasteiger partial charge on any atom is -0.460 e. The molecule has 0 amide bonds. The summed E-state index contributed by atoms with van der Waals surface area (Å²) < 4.78 is 5.58. The van der Waals surface area contributed by atoms with Crippen molar-refractivity contribution in [3.05, 3.63) is 40.5 Å². The third-order valence-corrected chi connectivity index (χ3v) is 4.48. The molecule has 0 aliphatic heterocycles. The Morgan fingerprint density at radius 3 is 2.76 bits per heavy atom. The van der Waals surface area contributed by atoms with E-state index >= 15 is 0 Å². The molecule has 21 heavy (non-hydrogen) atoms. The highest BCUT2D eigenvalue weighted by Crippen LogP contribution is 2.45. The number of carbonyl (C=O) groups excluding carboxylic acids is 1. The fourth-order valence-electron chi connectivity index (χ4n) is 3.59. The second kappa shape index (κ2) is 5.01. The Bertz CT molecular complexity index is 617. The Kier molecular flexibility index (Phi) is 3.43. The third kappa shape index (κ3) is 2.76. The number of carbonyl (C=O) groups is 1. The fourth-order valence-corrected chi connectivity index (χ4v) is 3.59. The van der Waals surface area contributed by atoms with Gasteiger partial charge >= 0.3 is 5.97 Å². The Balaban J connectivity index is 1.83. The average molecular weight is 284 g/mol. The zero-order valence-electron chi connectivity index (χ0n) is 13.5. The SMILES string of the molecule is Cc1cccc2c1C1=C(CCC(C(=O)OC(C)(C)C)C1)C2. The summed E-state index contributed by atoms with van der Waals surface area (Å²) in [7, 11) is 0. The second-order valence-electron chi connectivity index (χ2n) is 7.34. The van der Waals surface area contributed by atoms with Gasteiger partial charge in [-0.05, 0) is 75.6 Å². The molecule has 0 aromatic heterocycles. The van der Waals surface area contributed by atoms with Crippen molar-refractivity contribution in [1.82, 2.24) is 0 Å². The number of benzene rings is 1. The van der Waals surface area contributed by atoms with Gasteiger partial charge in [0.25, 0.3) is 0 Å². The first-order valence-corrected chi connectivity index (χ1v) is 7.88. The van der Waals surface area contributed by atoms with Gasteiger partial charge in [-0.3, -0.25) is 4.79 Å². The average Bonchev–Trinajstić information content (AvgIpc) is 2.75. The normalized spacial score (nSPS) is 21.0. The summed E-state index contributed by atoms with van der Waals surface area (Å²) in [5.41, 5.74) is 6.74. The molecule has 112 valence electrons. The molecule has 0 saturated carbocycles. The van der Waals surface area contributed by atoms with Gasteiger partial charge in [-0.2, -0.15) is 0 Å². The van der Waals surface area contributed by atoms with Crippen LogP contribution in [-0.4, -0.2) is 11.6 Å². The summed E-state index contributed by atoms with van der Waals surface area (Å²) in [6, 6.07) is 6.53. The van der Waals surface area contributed by atoms with Gasteiger partial charge in [-0.25, -0.2) is 0 Å². The van der Waals surface area contributed by atoms with E-state index in [1.165, 1.54) is 22.3 Å². The van der Waals surface area contributed by atoms with E-state index in [4.69, 9.17) is 4.74 Å². The lowest BCUT2D eigenvalue weighted by molar-refractivity contribution is -0.160. The van der Waals surface area contributed by atoms with Crippen LogP contribution in [-0.2, 0) is 16.0 Å². The molecule has 0 radical (unpaired) electrons. The van der Waals surface area contributed by atoms with Crippen LogP contribution in [0, 0.1) is 12.8 Å². The number of aryl methyl sites for hydroxylation is 1. The summed E-state index contributed by atoms with van der Waals surface area (Å²) >= 11 is 0. The molecule has 0 fully saturated rings. The molecule has 1 atom stereocenters. The zero-order chi connectivity index (χ0) is 15.2. The van der Waals surface area contributed by atoms with Crippen molar-refractivity contribution in [2.75, 3.05) is 0 Å². The maximum absolute atomic E-state index is 12.4. The number of hydrogen-bond acceptors (Lipinski definition) is 2. The van der Waals surface area contributed by atoms with Crippen molar-refractivity contribution in [2.45, 2.75) is 59.0 Å². The van der Waals surface area contributed by atoms with Crippen LogP contribution in [0.2, 0.25) is 0 Å². The van der Waals surface area contributed by atoms with Gasteiger partial charge < -0.3 is 4.74 Å². The van der Waals surface area contributed by atoms with Crippen LogP contribution in [0.3, 0.4) is 0 Å². The van der Waals surface area contributed by atoms with Crippen LogP contribution in [0.1, 0.15) is 56.7 Å². The summed E-state index contributed by atoms with van der Waals surface area (Å²) in [5, 5.41) is 0. The summed E-state index contributed by atoms with van der Waals surface area (Å²) in [6.07, 6.45) is 3.89. The van der Waals surface area contributed by atoms with E-state index in [1.54, 1.807) is 5.57 Å². The van der Waals surface area contributed by atoms with Crippen molar-refractivity contribution in [3.8, 4) is 0 Å². The van der Waals surface area contributed by atoms with E-state index in [1.807, 2.05) is 20.8 Å². The van der Waals surface area contributed by atoms with E-state index in [2.05, 4.69) is 25.1 Å². The van der Waals surface area contributed by atoms with Gasteiger partial charge in [-0.15, -0.1) is 0 Å². The van der Waals surface area contributed by atoms with E-state index < -0.39 is 5.60 Å². The van der Waals surface area contributed by atoms with Crippen molar-refractivity contribution in [2.24, 2.45) is 5.92 Å². The van der Waals surface area contributed by atoms with Gasteiger partial charge in [0.1, 0.15) is 5.60 Å². The van der Waals surface area contributed by atoms with Crippen LogP contribution in [0.15, 0.2) is 23.8 Å². The van der Waals surface area contributed by atoms with Crippen LogP contribution >= 0.6 is 0 Å². The van der Waals surface area contributed by atoms with E-state index in [0.29, 0.717) is 0 Å². The van der Waals surface area contributed by atoms with Gasteiger partial charge in [0.2, 0.25) is 0 Å². The number of allylic oxidation sites excluding steroid dienone is 2. The molecule has 0 N–H and O–H groups in total. The molecule has 0 saturated heterocycles. The predicted octanol–water partition coefficient (Wildman–Crippen LogP) is 4.45. The van der Waals surface area contributed by atoms with E-state index in [9.17, 15) is 4.79 Å². The maximum Gasteiger partial charge on any atom is 0.309 e. The zero-order valence-corrected chi connectivity index (χ0v) is 13.5. The minimum atomic E-state index is -0.394. The van der Waals surface area contributed by atoms with Crippen molar-refractivity contribution < 1.29 is 9.53 Å². The molecular weight excluding hydrogens is 260 g/mol. The van der Waals surface area contributed by atoms with Crippen molar-refractivity contribution in [3.63, 3.8) is 0 Å². The molecule has 0 bridgehead atoms. The predicted molar refractivity (Wildman–Crippen MR) is 85.0 cm³/mol. The molecular formula is C19H24O2. The van der Waals surface area contributed by atoms with Gasteiger partial charge in [0, 0.05) is 0 Å². The van der Waals surface area contributed by atoms with Crippen LogP contribution < -0.4 is 0 Å². The highest BCUT2D eigenvalue weighted by Gasteiger charge is 2.34. The largest absolute Gasteiger partial charge is 0.460 e. The number of esters is 1. The molecule has 0 spiro atoms. The Labute approximate surface area is 127 Å². The topological polar surface area (TPSA) is 26.3 Å². The Morgan fingerprint density at radius 2 is 2.05 bits per heavy atom. The van der Waals surface area contributed by atoms with Crippen LogP contribution in [0.4, 0.5) is 0 Å². The lowest BCUT2D eigenvalue weighted by Gasteiger charge is -2.27. The highest BCUT2D eigenvalue weighted by molar-refractivity contribution is 5.83. The summed E-state index contributed by atoms with van der Waals surface area (Å²) in [6.45, 7) is 7.99. The van der Waals surface area contributed by atoms with Gasteiger partial charge in [-0.1, -0.05) is 23.8 Å². The number of fused-ring (bicyclic) bond motifs is 2. The molecule has 2 heteroatoms. The quantitative estimate of drug-likeness (QED) is 0.712. The Morgan fingerprint density at radius 1 is 1.29 bits per heavy atom. The van der Waals surface area contributed by atoms with E-state index in [-0.39, 0.29) is 11.9 Å². The van der Waals surface area contributed by atoms with Crippen LogP contribution in [0.5, 0.6) is 0 Å². The lowest BCUT2D eigenvalue weighted by atomic mass is 9.83. The molecule has 2 aliphatic carbocycles. The van der Waals surface area contributed by atoms with Gasteiger partial charge in [0.05, 0.1) is 5.92 Å². The third-order valence-electron chi connectivity index (χ3n) is 4.48. The van der Waals surface area contributed by atoms with Crippen LogP contribution in [0.25, 0.3) is 5.57 Å². The standard InChI is InChI=1S/C19H24O2/c1-12-6-5-7-14-10-13-8-9-15(11-16(13)17(12)14)18(20)21-19(2,3)4/h5-7,15H,8-11H2,1-4H3. The summed E-state index contributed by atoms with van der Waals surface area (Å²) in [4.78, 5) is 12.4. The minimum absolute atomic E-state index is 0.0218. The Hall–Kier alpha value is -1.57. The lowest BCUT2D eigenvalue weighted by Crippen LogP contribution is -2.30. The first kappa shape index (κ1) is 14.4. The summed E-state index contributed by atoms with van der Waals surface area (Å²) in [5.74, 6) is -0.00962. The second-order valence-corrected chi connectivity index (χ2v) is 7.34. The molecule has 1 aromatic carbocycles. The van der Waals surface area contributed by atoms with E-state index in [0.717, 1.165) is 25.7 Å². The van der Waals surface area contributed by atoms with Crippen molar-refractivity contribution in [1.29, 1.82) is 0 Å². The molecule has 1 aromatic rings. The molecule has 3 rings (SSSR count). The molecule has 2 nitrogen and oxygen atoms in total. The highest BCUT2D eigenvalue weighted by atomic mass is 16.6. The first-order chi connectivity index (χ1) is 9.85. The molecule has 2 aliphatic rings. The number of hydrogen-bond donors (Lipinski definition) is 0. The maximum atomic E-state index is 12.4. The monoisotopic (exact) mass is 284 g/mol. The number of rotatable bonds is 1. The smallest absolute Gasteiger partial charge is 0.309 e. The first-order valence-electron chi connectivity index (χ1n) is 7.88. The van der Waals surface area contributed by atoms with Gasteiger partial charge in [0.15, 0.2) is 0 Å². The fraction of sp³-hybridized carbons (Fsp3) is 0.526. The van der Waals surface area contributed by atoms with Crippen molar-refractivity contribution >= 4 is 11.5 Å². The number of ether oxygens (including phenoxy) is 1.